The van der Waals surface area contributed by atoms with Gasteiger partial charge in [-0.1, -0.05) is 29.5 Å². The number of alkyl halides is 1. The molecule has 0 radical (unpaired) electrons. The first kappa shape index (κ1) is 11.2. The lowest BCUT2D eigenvalue weighted by molar-refractivity contribution is -0.275. The van der Waals surface area contributed by atoms with Crippen molar-refractivity contribution in [1.82, 2.24) is 0 Å². The van der Waals surface area contributed by atoms with E-state index in [1.807, 2.05) is 0 Å². The summed E-state index contributed by atoms with van der Waals surface area (Å²) in [4.78, 5) is 11.6. The summed E-state index contributed by atoms with van der Waals surface area (Å²) in [7, 11) is 0. The van der Waals surface area contributed by atoms with Gasteiger partial charge in [-0.05, 0) is 6.42 Å². The van der Waals surface area contributed by atoms with Crippen LogP contribution in [0.3, 0.4) is 0 Å². The van der Waals surface area contributed by atoms with Crippen molar-refractivity contribution in [3.05, 3.63) is 0 Å². The molecule has 2 bridgehead atoms. The molecule has 0 N–H and O–H groups in total. The van der Waals surface area contributed by atoms with E-state index < -0.39 is 5.79 Å². The van der Waals surface area contributed by atoms with Crippen molar-refractivity contribution >= 4 is 28.6 Å². The molecule has 3 aliphatic rings. The molecule has 1 aliphatic carbocycles. The van der Waals surface area contributed by atoms with Gasteiger partial charge in [0.1, 0.15) is 6.10 Å². The second-order valence-corrected chi connectivity index (χ2v) is 6.74. The number of halogens is 1. The standard InChI is InChI=1S/C11H15IO4/c1-10-5-8(16-9(13)6-10)7(12)4-11(10)14-2-3-15-11/h7-8H,2-6H2,1H3/t7?,8-,10-/m1/s1. The molecule has 0 amide bonds. The average Bonchev–Trinajstić information content (AvgIpc) is 2.64. The van der Waals surface area contributed by atoms with E-state index in [9.17, 15) is 4.79 Å². The van der Waals surface area contributed by atoms with Gasteiger partial charge < -0.3 is 14.2 Å². The first-order valence-corrected chi connectivity index (χ1v) is 6.91. The molecule has 3 rings (SSSR count). The highest BCUT2D eigenvalue weighted by Gasteiger charge is 2.62. The number of carbonyl (C=O) groups excluding carboxylic acids is 1. The highest BCUT2D eigenvalue weighted by Crippen LogP contribution is 2.55. The fourth-order valence-electron chi connectivity index (χ4n) is 3.13. The summed E-state index contributed by atoms with van der Waals surface area (Å²) < 4.78 is 17.4. The van der Waals surface area contributed by atoms with Crippen LogP contribution in [0.4, 0.5) is 0 Å². The van der Waals surface area contributed by atoms with Crippen molar-refractivity contribution in [3.63, 3.8) is 0 Å². The smallest absolute Gasteiger partial charge is 0.306 e. The van der Waals surface area contributed by atoms with Gasteiger partial charge in [0.05, 0.1) is 23.6 Å². The number of fused-ring (bicyclic) bond motifs is 3. The lowest BCUT2D eigenvalue weighted by Gasteiger charge is -2.53. The maximum Gasteiger partial charge on any atom is 0.306 e. The quantitative estimate of drug-likeness (QED) is 0.383. The van der Waals surface area contributed by atoms with Crippen LogP contribution in [0.15, 0.2) is 0 Å². The Morgan fingerprint density at radius 2 is 2.00 bits per heavy atom. The van der Waals surface area contributed by atoms with Crippen LogP contribution in [-0.4, -0.2) is 35.0 Å². The predicted octanol–water partition coefficient (Wildman–Crippen LogP) is 1.65. The molecule has 0 aromatic heterocycles. The highest BCUT2D eigenvalue weighted by molar-refractivity contribution is 14.1. The van der Waals surface area contributed by atoms with E-state index in [2.05, 4.69) is 29.5 Å². The summed E-state index contributed by atoms with van der Waals surface area (Å²) in [6.07, 6.45) is 2.12. The Balaban J connectivity index is 1.97. The van der Waals surface area contributed by atoms with Crippen molar-refractivity contribution in [2.75, 3.05) is 13.2 Å². The van der Waals surface area contributed by atoms with Crippen LogP contribution in [0.1, 0.15) is 26.2 Å². The van der Waals surface area contributed by atoms with E-state index in [0.29, 0.717) is 19.6 Å². The lowest BCUT2D eigenvalue weighted by Crippen LogP contribution is -2.60. The zero-order valence-corrected chi connectivity index (χ0v) is 11.4. The van der Waals surface area contributed by atoms with E-state index >= 15 is 0 Å². The molecule has 0 aromatic rings. The normalized spacial score (nSPS) is 45.8. The topological polar surface area (TPSA) is 44.8 Å². The summed E-state index contributed by atoms with van der Waals surface area (Å²) >= 11 is 2.34. The molecule has 4 nitrogen and oxygen atoms in total. The molecule has 3 atom stereocenters. The van der Waals surface area contributed by atoms with Gasteiger partial charge in [0.2, 0.25) is 0 Å². The molecule has 5 heteroatoms. The Hall–Kier alpha value is 0.120. The Bertz CT molecular complexity index is 326. The molecular formula is C11H15IO4. The third-order valence-electron chi connectivity index (χ3n) is 4.01. The van der Waals surface area contributed by atoms with E-state index in [4.69, 9.17) is 14.2 Å². The third kappa shape index (κ3) is 1.44. The maximum absolute atomic E-state index is 11.6. The van der Waals surface area contributed by atoms with Crippen LogP contribution in [0.5, 0.6) is 0 Å². The first-order valence-electron chi connectivity index (χ1n) is 5.66. The van der Waals surface area contributed by atoms with Crippen LogP contribution < -0.4 is 0 Å². The number of rotatable bonds is 0. The number of hydrogen-bond donors (Lipinski definition) is 0. The van der Waals surface area contributed by atoms with Crippen molar-refractivity contribution < 1.29 is 19.0 Å². The zero-order chi connectivity index (χ0) is 11.4. The molecule has 90 valence electrons. The molecule has 2 aliphatic heterocycles. The molecular weight excluding hydrogens is 323 g/mol. The molecule has 2 heterocycles. The Morgan fingerprint density at radius 3 is 2.69 bits per heavy atom. The molecule has 1 spiro atoms. The minimum Gasteiger partial charge on any atom is -0.461 e. The van der Waals surface area contributed by atoms with E-state index in [-0.39, 0.29) is 21.4 Å². The van der Waals surface area contributed by atoms with Gasteiger partial charge in [-0.25, -0.2) is 0 Å². The van der Waals surface area contributed by atoms with Gasteiger partial charge in [-0.15, -0.1) is 0 Å². The largest absolute Gasteiger partial charge is 0.461 e. The van der Waals surface area contributed by atoms with Crippen LogP contribution >= 0.6 is 22.6 Å². The average molecular weight is 338 g/mol. The van der Waals surface area contributed by atoms with Gasteiger partial charge in [0, 0.05) is 11.8 Å². The molecule has 2 saturated heterocycles. The number of hydrogen-bond acceptors (Lipinski definition) is 4. The second-order valence-electron chi connectivity index (χ2n) is 5.14. The monoisotopic (exact) mass is 338 g/mol. The van der Waals surface area contributed by atoms with Crippen LogP contribution in [0.25, 0.3) is 0 Å². The fraction of sp³-hybridized carbons (Fsp3) is 0.909. The summed E-state index contributed by atoms with van der Waals surface area (Å²) in [5.74, 6) is -0.659. The van der Waals surface area contributed by atoms with E-state index in [1.54, 1.807) is 0 Å². The third-order valence-corrected chi connectivity index (χ3v) is 5.25. The van der Waals surface area contributed by atoms with Crippen molar-refractivity contribution in [2.45, 2.75) is 42.0 Å². The predicted molar refractivity (Wildman–Crippen MR) is 64.3 cm³/mol. The van der Waals surface area contributed by atoms with E-state index in [1.165, 1.54) is 0 Å². The first-order chi connectivity index (χ1) is 7.55. The zero-order valence-electron chi connectivity index (χ0n) is 9.20. The van der Waals surface area contributed by atoms with Gasteiger partial charge >= 0.3 is 5.97 Å². The van der Waals surface area contributed by atoms with E-state index in [0.717, 1.165) is 12.8 Å². The molecule has 1 saturated carbocycles. The number of carbonyl (C=O) groups is 1. The molecule has 3 fully saturated rings. The van der Waals surface area contributed by atoms with Crippen molar-refractivity contribution in [3.8, 4) is 0 Å². The Kier molecular flexibility index (Phi) is 2.49. The Morgan fingerprint density at radius 1 is 1.31 bits per heavy atom. The van der Waals surface area contributed by atoms with Crippen molar-refractivity contribution in [2.24, 2.45) is 5.41 Å². The number of ether oxygens (including phenoxy) is 3. The SMILES string of the molecule is C[C@]12CC(=O)O[C@H](C1)C(I)CC21OCCO1. The molecule has 1 unspecified atom stereocenters. The minimum absolute atomic E-state index is 0.0327. The Labute approximate surface area is 108 Å². The maximum atomic E-state index is 11.6. The van der Waals surface area contributed by atoms with Gasteiger partial charge in [0.25, 0.3) is 0 Å². The summed E-state index contributed by atoms with van der Waals surface area (Å²) in [5.41, 5.74) is -0.217. The van der Waals surface area contributed by atoms with Crippen LogP contribution in [-0.2, 0) is 19.0 Å². The number of esters is 1. The lowest BCUT2D eigenvalue weighted by atomic mass is 9.66. The van der Waals surface area contributed by atoms with Gasteiger partial charge in [0.15, 0.2) is 5.79 Å². The fourth-order valence-corrected chi connectivity index (χ4v) is 4.12. The molecule has 0 aromatic carbocycles. The second kappa shape index (κ2) is 3.55. The highest BCUT2D eigenvalue weighted by atomic mass is 127. The van der Waals surface area contributed by atoms with Gasteiger partial charge in [-0.2, -0.15) is 0 Å². The minimum atomic E-state index is -0.547. The summed E-state index contributed by atoms with van der Waals surface area (Å²) in [6, 6.07) is 0. The summed E-state index contributed by atoms with van der Waals surface area (Å²) in [5, 5.41) is 0. The van der Waals surface area contributed by atoms with Crippen molar-refractivity contribution in [1.29, 1.82) is 0 Å². The summed E-state index contributed by atoms with van der Waals surface area (Å²) in [6.45, 7) is 3.37. The molecule has 16 heavy (non-hydrogen) atoms. The van der Waals surface area contributed by atoms with Gasteiger partial charge in [-0.3, -0.25) is 4.79 Å². The van der Waals surface area contributed by atoms with Crippen LogP contribution in [0.2, 0.25) is 0 Å². The van der Waals surface area contributed by atoms with Crippen LogP contribution in [0, 0.1) is 5.41 Å².